The topological polar surface area (TPSA) is 76.0 Å². The lowest BCUT2D eigenvalue weighted by atomic mass is 10.1. The molecule has 0 unspecified atom stereocenters. The van der Waals surface area contributed by atoms with E-state index in [0.717, 1.165) is 23.5 Å². The van der Waals surface area contributed by atoms with Crippen molar-refractivity contribution in [3.63, 3.8) is 0 Å². The normalized spacial score (nSPS) is 10.4. The van der Waals surface area contributed by atoms with Gasteiger partial charge in [-0.3, -0.25) is 4.79 Å². The maximum Gasteiger partial charge on any atom is 0.319 e. The van der Waals surface area contributed by atoms with Gasteiger partial charge in [-0.1, -0.05) is 24.3 Å². The lowest BCUT2D eigenvalue weighted by molar-refractivity contribution is 0.101. The van der Waals surface area contributed by atoms with Gasteiger partial charge in [0.05, 0.1) is 0 Å². The molecule has 27 heavy (non-hydrogen) atoms. The third-order valence-corrected chi connectivity index (χ3v) is 4.27. The van der Waals surface area contributed by atoms with Crippen LogP contribution in [0.1, 0.15) is 34.2 Å². The molecule has 0 aliphatic carbocycles. The number of benzene rings is 2. The highest BCUT2D eigenvalue weighted by Gasteiger charge is 2.05. The number of Topliss-reactive ketones (excluding diaryl/α,β-unsaturated/α-hetero) is 1. The predicted molar refractivity (Wildman–Crippen MR) is 105 cm³/mol. The highest BCUT2D eigenvalue weighted by molar-refractivity contribution is 5.95. The fraction of sp³-hybridized carbons (Fsp3) is 0.190. The van der Waals surface area contributed by atoms with Crippen molar-refractivity contribution in [3.05, 3.63) is 83.4 Å². The van der Waals surface area contributed by atoms with Gasteiger partial charge in [0.1, 0.15) is 5.82 Å². The van der Waals surface area contributed by atoms with Gasteiger partial charge in [0, 0.05) is 36.7 Å². The van der Waals surface area contributed by atoms with Gasteiger partial charge in [-0.2, -0.15) is 0 Å². The summed E-state index contributed by atoms with van der Waals surface area (Å²) in [5.74, 6) is 0.963. The fourth-order valence-electron chi connectivity index (χ4n) is 2.75. The maximum absolute atomic E-state index is 12.1. The summed E-state index contributed by atoms with van der Waals surface area (Å²) in [5, 5.41) is 5.61. The quantitative estimate of drug-likeness (QED) is 0.656. The first kappa shape index (κ1) is 18.4. The summed E-state index contributed by atoms with van der Waals surface area (Å²) >= 11 is 0. The largest absolute Gasteiger partial charge is 0.334 e. The van der Waals surface area contributed by atoms with E-state index < -0.39 is 0 Å². The van der Waals surface area contributed by atoms with Crippen LogP contribution in [0.15, 0.2) is 60.9 Å². The SMILES string of the molecule is CC(=O)c1ccc(NC(=O)NCc2cccc(Cn3ccnc3C)c2)cc1. The van der Waals surface area contributed by atoms with Gasteiger partial charge < -0.3 is 15.2 Å². The monoisotopic (exact) mass is 362 g/mol. The minimum atomic E-state index is -0.290. The Morgan fingerprint density at radius 1 is 1.07 bits per heavy atom. The van der Waals surface area contributed by atoms with Crippen molar-refractivity contribution in [3.8, 4) is 0 Å². The molecule has 3 aromatic rings. The predicted octanol–water partition coefficient (Wildman–Crippen LogP) is 3.76. The summed E-state index contributed by atoms with van der Waals surface area (Å²) in [5.41, 5.74) is 3.43. The van der Waals surface area contributed by atoms with Gasteiger partial charge in [-0.15, -0.1) is 0 Å². The van der Waals surface area contributed by atoms with Crippen LogP contribution >= 0.6 is 0 Å². The number of carbonyl (C=O) groups excluding carboxylic acids is 2. The molecule has 0 atom stereocenters. The van der Waals surface area contributed by atoms with E-state index in [1.165, 1.54) is 6.92 Å². The summed E-state index contributed by atoms with van der Waals surface area (Å²) in [6.07, 6.45) is 3.74. The summed E-state index contributed by atoms with van der Waals surface area (Å²) in [6.45, 7) is 4.65. The van der Waals surface area contributed by atoms with E-state index >= 15 is 0 Å². The molecule has 0 bridgehead atoms. The van der Waals surface area contributed by atoms with Crippen LogP contribution in [0.4, 0.5) is 10.5 Å². The molecule has 0 spiro atoms. The molecular formula is C21H22N4O2. The van der Waals surface area contributed by atoms with Gasteiger partial charge in [0.15, 0.2) is 5.78 Å². The van der Waals surface area contributed by atoms with Crippen molar-refractivity contribution < 1.29 is 9.59 Å². The number of rotatable bonds is 6. The molecule has 0 aliphatic rings. The number of aryl methyl sites for hydroxylation is 1. The number of nitrogens with zero attached hydrogens (tertiary/aromatic N) is 2. The summed E-state index contributed by atoms with van der Waals surface area (Å²) in [4.78, 5) is 27.6. The smallest absolute Gasteiger partial charge is 0.319 e. The molecule has 1 aromatic heterocycles. The zero-order valence-corrected chi connectivity index (χ0v) is 15.4. The van der Waals surface area contributed by atoms with E-state index in [1.54, 1.807) is 30.5 Å². The van der Waals surface area contributed by atoms with E-state index in [1.807, 2.05) is 25.3 Å². The van der Waals surface area contributed by atoms with E-state index in [0.29, 0.717) is 17.8 Å². The van der Waals surface area contributed by atoms with Crippen LogP contribution in [0.3, 0.4) is 0 Å². The number of amides is 2. The van der Waals surface area contributed by atoms with Crippen molar-refractivity contribution in [1.82, 2.24) is 14.9 Å². The molecule has 1 heterocycles. The minimum Gasteiger partial charge on any atom is -0.334 e. The van der Waals surface area contributed by atoms with E-state index in [4.69, 9.17) is 0 Å². The second-order valence-corrected chi connectivity index (χ2v) is 6.36. The molecule has 0 fully saturated rings. The second-order valence-electron chi connectivity index (χ2n) is 6.36. The van der Waals surface area contributed by atoms with Crippen LogP contribution < -0.4 is 10.6 Å². The van der Waals surface area contributed by atoms with E-state index in [2.05, 4.69) is 32.3 Å². The average Bonchev–Trinajstić information content (AvgIpc) is 3.05. The summed E-state index contributed by atoms with van der Waals surface area (Å²) in [7, 11) is 0. The van der Waals surface area contributed by atoms with Crippen molar-refractivity contribution in [2.75, 3.05) is 5.32 Å². The molecule has 3 rings (SSSR count). The van der Waals surface area contributed by atoms with Crippen molar-refractivity contribution in [2.24, 2.45) is 0 Å². The third-order valence-electron chi connectivity index (χ3n) is 4.27. The maximum atomic E-state index is 12.1. The van der Waals surface area contributed by atoms with Gasteiger partial charge in [0.25, 0.3) is 0 Å². The minimum absolute atomic E-state index is 0.00299. The molecule has 6 heteroatoms. The number of hydrogen-bond donors (Lipinski definition) is 2. The van der Waals surface area contributed by atoms with Gasteiger partial charge in [0.2, 0.25) is 0 Å². The van der Waals surface area contributed by atoms with Gasteiger partial charge in [-0.05, 0) is 49.2 Å². The Morgan fingerprint density at radius 3 is 2.48 bits per heavy atom. The van der Waals surface area contributed by atoms with Crippen LogP contribution in [0.25, 0.3) is 0 Å². The third kappa shape index (κ3) is 5.04. The Bertz CT molecular complexity index is 945. The Labute approximate surface area is 158 Å². The Kier molecular flexibility index (Phi) is 5.66. The molecule has 0 saturated heterocycles. The first-order valence-corrected chi connectivity index (χ1v) is 8.72. The lowest BCUT2D eigenvalue weighted by Crippen LogP contribution is -2.28. The standard InChI is InChI=1S/C21H22N4O2/c1-15(26)19-6-8-20(9-7-19)24-21(27)23-13-17-4-3-5-18(12-17)14-25-11-10-22-16(25)2/h3-12H,13-14H2,1-2H3,(H2,23,24,27). The second kappa shape index (κ2) is 8.31. The molecule has 138 valence electrons. The number of hydrogen-bond acceptors (Lipinski definition) is 3. The number of ketones is 1. The van der Waals surface area contributed by atoms with Crippen molar-refractivity contribution in [2.45, 2.75) is 26.9 Å². The number of urea groups is 1. The lowest BCUT2D eigenvalue weighted by Gasteiger charge is -2.10. The molecule has 2 N–H and O–H groups in total. The first-order chi connectivity index (χ1) is 13.0. The number of carbonyl (C=O) groups is 2. The molecule has 2 amide bonds. The van der Waals surface area contributed by atoms with Crippen LogP contribution in [0.2, 0.25) is 0 Å². The van der Waals surface area contributed by atoms with Crippen molar-refractivity contribution >= 4 is 17.5 Å². The van der Waals surface area contributed by atoms with Crippen LogP contribution in [-0.4, -0.2) is 21.4 Å². The molecule has 0 aliphatic heterocycles. The highest BCUT2D eigenvalue weighted by Crippen LogP contribution is 2.11. The molecular weight excluding hydrogens is 340 g/mol. The van der Waals surface area contributed by atoms with Crippen molar-refractivity contribution in [1.29, 1.82) is 0 Å². The molecule has 0 saturated carbocycles. The Hall–Kier alpha value is -3.41. The van der Waals surface area contributed by atoms with Crippen LogP contribution in [0, 0.1) is 6.92 Å². The number of imidazole rings is 1. The summed E-state index contributed by atoms with van der Waals surface area (Å²) in [6, 6.07) is 14.6. The fourth-order valence-corrected chi connectivity index (χ4v) is 2.75. The zero-order valence-electron chi connectivity index (χ0n) is 15.4. The zero-order chi connectivity index (χ0) is 19.2. The molecule has 6 nitrogen and oxygen atoms in total. The van der Waals surface area contributed by atoms with Gasteiger partial charge in [-0.25, -0.2) is 9.78 Å². The first-order valence-electron chi connectivity index (χ1n) is 8.72. The Balaban J connectivity index is 1.55. The highest BCUT2D eigenvalue weighted by atomic mass is 16.2. The molecule has 0 radical (unpaired) electrons. The van der Waals surface area contributed by atoms with Crippen LogP contribution in [-0.2, 0) is 13.1 Å². The van der Waals surface area contributed by atoms with E-state index in [9.17, 15) is 9.59 Å². The van der Waals surface area contributed by atoms with E-state index in [-0.39, 0.29) is 11.8 Å². The molecule has 2 aromatic carbocycles. The number of nitrogens with one attached hydrogen (secondary N) is 2. The number of aromatic nitrogens is 2. The van der Waals surface area contributed by atoms with Gasteiger partial charge >= 0.3 is 6.03 Å². The van der Waals surface area contributed by atoms with Crippen LogP contribution in [0.5, 0.6) is 0 Å². The number of anilines is 1. The summed E-state index contributed by atoms with van der Waals surface area (Å²) < 4.78 is 2.07. The Morgan fingerprint density at radius 2 is 1.81 bits per heavy atom. The average molecular weight is 362 g/mol.